The molecule has 20 heavy (non-hydrogen) atoms. The van der Waals surface area contributed by atoms with Crippen molar-refractivity contribution in [2.24, 2.45) is 5.41 Å². The molecule has 0 saturated carbocycles. The zero-order valence-corrected chi connectivity index (χ0v) is 11.2. The van der Waals surface area contributed by atoms with E-state index < -0.39 is 11.9 Å². The predicted octanol–water partition coefficient (Wildman–Crippen LogP) is 1.46. The highest BCUT2D eigenvalue weighted by atomic mass is 16.4. The van der Waals surface area contributed by atoms with Gasteiger partial charge in [0.1, 0.15) is 5.76 Å². The number of fused-ring (bicyclic) bond motifs is 2. The minimum absolute atomic E-state index is 0.552. The summed E-state index contributed by atoms with van der Waals surface area (Å²) < 4.78 is 5.46. The Labute approximate surface area is 117 Å². The smallest absolute Gasteiger partial charge is 0.414 e. The van der Waals surface area contributed by atoms with Gasteiger partial charge >= 0.3 is 11.9 Å². The lowest BCUT2D eigenvalue weighted by Crippen LogP contribution is -2.35. The summed E-state index contributed by atoms with van der Waals surface area (Å²) in [6.07, 6.45) is 7.08. The van der Waals surface area contributed by atoms with Crippen LogP contribution in [0.4, 0.5) is 0 Å². The molecule has 0 aromatic carbocycles. The fourth-order valence-corrected chi connectivity index (χ4v) is 3.12. The molecule has 3 heterocycles. The SMILES string of the molecule is O=C(O)C(=O)O.c1coc(CC23CCCN(CC2)C3)c1. The van der Waals surface area contributed by atoms with Crippen molar-refractivity contribution < 1.29 is 24.2 Å². The third-order valence-corrected chi connectivity index (χ3v) is 4.01. The van der Waals surface area contributed by atoms with Gasteiger partial charge in [0.2, 0.25) is 0 Å². The number of carbonyl (C=O) groups is 2. The molecule has 2 atom stereocenters. The highest BCUT2D eigenvalue weighted by Crippen LogP contribution is 2.41. The van der Waals surface area contributed by atoms with Crippen molar-refractivity contribution in [3.63, 3.8) is 0 Å². The van der Waals surface area contributed by atoms with E-state index in [9.17, 15) is 0 Å². The Hall–Kier alpha value is -1.82. The third-order valence-electron chi connectivity index (χ3n) is 4.01. The van der Waals surface area contributed by atoms with Gasteiger partial charge in [-0.25, -0.2) is 9.59 Å². The summed E-state index contributed by atoms with van der Waals surface area (Å²) in [6.45, 7) is 3.92. The normalized spacial score (nSPS) is 27.5. The molecular weight excluding hydrogens is 262 g/mol. The largest absolute Gasteiger partial charge is 0.473 e. The van der Waals surface area contributed by atoms with E-state index in [2.05, 4.69) is 11.0 Å². The van der Waals surface area contributed by atoms with Crippen LogP contribution in [0.5, 0.6) is 0 Å². The first-order valence-corrected chi connectivity index (χ1v) is 6.72. The van der Waals surface area contributed by atoms with E-state index in [0.29, 0.717) is 5.41 Å². The Morgan fingerprint density at radius 2 is 2.00 bits per heavy atom. The van der Waals surface area contributed by atoms with Crippen molar-refractivity contribution in [3.05, 3.63) is 24.2 Å². The Balaban J connectivity index is 0.000000212. The average molecular weight is 281 g/mol. The maximum Gasteiger partial charge on any atom is 0.414 e. The molecular formula is C14H19NO5. The summed E-state index contributed by atoms with van der Waals surface area (Å²) >= 11 is 0. The van der Waals surface area contributed by atoms with Gasteiger partial charge in [0.25, 0.3) is 0 Å². The van der Waals surface area contributed by atoms with Crippen LogP contribution in [0.2, 0.25) is 0 Å². The Kier molecular flexibility index (Phi) is 4.44. The first-order chi connectivity index (χ1) is 9.51. The van der Waals surface area contributed by atoms with E-state index >= 15 is 0 Å². The number of carboxylic acids is 2. The Morgan fingerprint density at radius 3 is 2.60 bits per heavy atom. The molecule has 0 amide bonds. The van der Waals surface area contributed by atoms with Gasteiger partial charge in [0.15, 0.2) is 0 Å². The van der Waals surface area contributed by atoms with Gasteiger partial charge in [-0.1, -0.05) is 0 Å². The van der Waals surface area contributed by atoms with Gasteiger partial charge in [-0.05, 0) is 49.9 Å². The molecule has 1 aromatic heterocycles. The topological polar surface area (TPSA) is 91.0 Å². The van der Waals surface area contributed by atoms with Crippen LogP contribution in [-0.4, -0.2) is 46.7 Å². The van der Waals surface area contributed by atoms with E-state index in [1.54, 1.807) is 6.26 Å². The van der Waals surface area contributed by atoms with Crippen molar-refractivity contribution in [1.82, 2.24) is 4.90 Å². The summed E-state index contributed by atoms with van der Waals surface area (Å²) in [7, 11) is 0. The van der Waals surface area contributed by atoms with E-state index in [-0.39, 0.29) is 0 Å². The van der Waals surface area contributed by atoms with Crippen LogP contribution >= 0.6 is 0 Å². The van der Waals surface area contributed by atoms with Gasteiger partial charge in [-0.15, -0.1) is 0 Å². The Bertz CT molecular complexity index is 454. The molecule has 2 saturated heterocycles. The maximum atomic E-state index is 9.10. The zero-order chi connectivity index (χ0) is 14.6. The summed E-state index contributed by atoms with van der Waals surface area (Å²) in [6, 6.07) is 4.12. The number of furan rings is 1. The highest BCUT2D eigenvalue weighted by Gasteiger charge is 2.41. The number of piperidine rings is 1. The average Bonchev–Trinajstić information content (AvgIpc) is 2.99. The molecule has 2 unspecified atom stereocenters. The van der Waals surface area contributed by atoms with Crippen molar-refractivity contribution >= 4 is 11.9 Å². The highest BCUT2D eigenvalue weighted by molar-refractivity contribution is 6.27. The van der Waals surface area contributed by atoms with Crippen molar-refractivity contribution in [2.45, 2.75) is 25.7 Å². The quantitative estimate of drug-likeness (QED) is 0.798. The first-order valence-electron chi connectivity index (χ1n) is 6.72. The number of nitrogens with zero attached hydrogens (tertiary/aromatic N) is 1. The van der Waals surface area contributed by atoms with Gasteiger partial charge in [0.05, 0.1) is 6.26 Å². The third kappa shape index (κ3) is 3.60. The van der Waals surface area contributed by atoms with Crippen LogP contribution in [-0.2, 0) is 16.0 Å². The molecule has 0 spiro atoms. The van der Waals surface area contributed by atoms with Gasteiger partial charge in [-0.3, -0.25) is 0 Å². The Morgan fingerprint density at radius 1 is 1.25 bits per heavy atom. The second kappa shape index (κ2) is 6.09. The monoisotopic (exact) mass is 281 g/mol. The minimum Gasteiger partial charge on any atom is -0.473 e. The maximum absolute atomic E-state index is 9.10. The van der Waals surface area contributed by atoms with Crippen LogP contribution in [0.15, 0.2) is 22.8 Å². The van der Waals surface area contributed by atoms with Crippen LogP contribution in [0.3, 0.4) is 0 Å². The van der Waals surface area contributed by atoms with E-state index in [1.807, 2.05) is 6.07 Å². The number of carboxylic acid groups (broad SMARTS) is 2. The lowest BCUT2D eigenvalue weighted by atomic mass is 9.77. The molecule has 2 N–H and O–H groups in total. The molecule has 2 bridgehead atoms. The molecule has 6 nitrogen and oxygen atoms in total. The van der Waals surface area contributed by atoms with Crippen molar-refractivity contribution in [3.8, 4) is 0 Å². The first kappa shape index (κ1) is 14.6. The van der Waals surface area contributed by atoms with Crippen LogP contribution in [0.25, 0.3) is 0 Å². The van der Waals surface area contributed by atoms with Crippen LogP contribution < -0.4 is 0 Å². The van der Waals surface area contributed by atoms with E-state index in [1.165, 1.54) is 44.7 Å². The fourth-order valence-electron chi connectivity index (χ4n) is 3.12. The van der Waals surface area contributed by atoms with E-state index in [4.69, 9.17) is 24.2 Å². The van der Waals surface area contributed by atoms with Crippen LogP contribution in [0.1, 0.15) is 25.0 Å². The molecule has 3 rings (SSSR count). The van der Waals surface area contributed by atoms with Gasteiger partial charge in [0, 0.05) is 13.0 Å². The van der Waals surface area contributed by atoms with Gasteiger partial charge in [-0.2, -0.15) is 0 Å². The number of hydrogen-bond acceptors (Lipinski definition) is 4. The zero-order valence-electron chi connectivity index (χ0n) is 11.2. The molecule has 2 aliphatic heterocycles. The predicted molar refractivity (Wildman–Crippen MR) is 70.4 cm³/mol. The molecule has 6 heteroatoms. The molecule has 0 radical (unpaired) electrons. The van der Waals surface area contributed by atoms with Crippen molar-refractivity contribution in [1.29, 1.82) is 0 Å². The summed E-state index contributed by atoms with van der Waals surface area (Å²) in [5.74, 6) is -2.47. The minimum atomic E-state index is -1.82. The second-order valence-corrected chi connectivity index (χ2v) is 5.50. The van der Waals surface area contributed by atoms with Crippen LogP contribution in [0, 0.1) is 5.41 Å². The summed E-state index contributed by atoms with van der Waals surface area (Å²) in [5, 5.41) is 14.8. The molecule has 1 aromatic rings. The molecule has 2 fully saturated rings. The lowest BCUT2D eigenvalue weighted by Gasteiger charge is -2.33. The lowest BCUT2D eigenvalue weighted by molar-refractivity contribution is -0.159. The fraction of sp³-hybridized carbons (Fsp3) is 0.571. The standard InChI is InChI=1S/C12H17NO.C2H2O4/c1-3-11(14-8-1)9-12-4-2-6-13(10-12)7-5-12;3-1(4)2(5)6/h1,3,8H,2,4-7,9-10H2;(H,3,4)(H,5,6). The number of aliphatic carboxylic acids is 2. The summed E-state index contributed by atoms with van der Waals surface area (Å²) in [4.78, 5) is 20.8. The molecule has 0 aliphatic carbocycles. The van der Waals surface area contributed by atoms with Crippen molar-refractivity contribution in [2.75, 3.05) is 19.6 Å². The molecule has 2 aliphatic rings. The van der Waals surface area contributed by atoms with E-state index in [0.717, 1.165) is 6.42 Å². The molecule has 110 valence electrons. The number of rotatable bonds is 2. The number of hydrogen-bond donors (Lipinski definition) is 2. The summed E-state index contributed by atoms with van der Waals surface area (Å²) in [5.41, 5.74) is 0.552. The second-order valence-electron chi connectivity index (χ2n) is 5.50. The van der Waals surface area contributed by atoms with Gasteiger partial charge < -0.3 is 19.5 Å².